The first-order chi connectivity index (χ1) is 9.86. The van der Waals surface area contributed by atoms with Gasteiger partial charge in [0.25, 0.3) is 0 Å². The molecule has 1 N–H and O–H groups in total. The number of sulfonamides is 1. The molecule has 0 spiro atoms. The van der Waals surface area contributed by atoms with E-state index in [0.717, 1.165) is 36.2 Å². The van der Waals surface area contributed by atoms with Gasteiger partial charge in [-0.25, -0.2) is 8.42 Å². The molecule has 5 nitrogen and oxygen atoms in total. The van der Waals surface area contributed by atoms with E-state index >= 15 is 0 Å². The van der Waals surface area contributed by atoms with Crippen molar-refractivity contribution in [3.05, 3.63) is 29.3 Å². The summed E-state index contributed by atoms with van der Waals surface area (Å²) in [5.41, 5.74) is 0.395. The van der Waals surface area contributed by atoms with Crippen molar-refractivity contribution < 1.29 is 13.2 Å². The molecule has 1 amide bonds. The maximum atomic E-state index is 12.1. The number of carbonyl (C=O) groups excluding carboxylic acids is 1. The van der Waals surface area contributed by atoms with Crippen LogP contribution in [0.5, 0.6) is 0 Å². The number of halogens is 1. The van der Waals surface area contributed by atoms with Crippen LogP contribution in [0.25, 0.3) is 0 Å². The first-order valence-electron chi connectivity index (χ1n) is 6.89. The molecule has 1 aliphatic carbocycles. The SMILES string of the molecule is CS(=O)(=O)N(CC(=O)NC1CCCC1)c1cccc(Cl)c1. The summed E-state index contributed by atoms with van der Waals surface area (Å²) in [5, 5.41) is 3.32. The van der Waals surface area contributed by atoms with E-state index in [1.165, 1.54) is 6.07 Å². The van der Waals surface area contributed by atoms with Crippen LogP contribution >= 0.6 is 11.6 Å². The normalized spacial score (nSPS) is 15.9. The Labute approximate surface area is 130 Å². The molecule has 1 saturated carbocycles. The molecule has 2 rings (SSSR count). The minimum absolute atomic E-state index is 0.165. The second-order valence-electron chi connectivity index (χ2n) is 5.30. The van der Waals surface area contributed by atoms with Crippen molar-refractivity contribution in [1.82, 2.24) is 5.32 Å². The predicted octanol–water partition coefficient (Wildman–Crippen LogP) is 2.16. The lowest BCUT2D eigenvalue weighted by molar-refractivity contribution is -0.120. The fourth-order valence-corrected chi connectivity index (χ4v) is 3.54. The minimum atomic E-state index is -3.55. The van der Waals surface area contributed by atoms with Crippen LogP contribution in [-0.4, -0.2) is 33.2 Å². The molecule has 1 aliphatic rings. The van der Waals surface area contributed by atoms with Crippen LogP contribution in [0.15, 0.2) is 24.3 Å². The summed E-state index contributed by atoms with van der Waals surface area (Å²) in [4.78, 5) is 12.1. The van der Waals surface area contributed by atoms with Crippen molar-refractivity contribution in [2.24, 2.45) is 0 Å². The van der Waals surface area contributed by atoms with Gasteiger partial charge in [-0.05, 0) is 31.0 Å². The zero-order chi connectivity index (χ0) is 15.5. The topological polar surface area (TPSA) is 66.5 Å². The van der Waals surface area contributed by atoms with Crippen LogP contribution in [0.4, 0.5) is 5.69 Å². The molecule has 7 heteroatoms. The number of benzene rings is 1. The standard InChI is InChI=1S/C14H19ClN2O3S/c1-21(19,20)17(13-8-4-5-11(15)9-13)10-14(18)16-12-6-2-3-7-12/h4-5,8-9,12H,2-3,6-7,10H2,1H3,(H,16,18). The predicted molar refractivity (Wildman–Crippen MR) is 84.0 cm³/mol. The van der Waals surface area contributed by atoms with Crippen molar-refractivity contribution in [1.29, 1.82) is 0 Å². The van der Waals surface area contributed by atoms with Gasteiger partial charge in [0.1, 0.15) is 6.54 Å². The number of nitrogens with one attached hydrogen (secondary N) is 1. The lowest BCUT2D eigenvalue weighted by Crippen LogP contribution is -2.43. The summed E-state index contributed by atoms with van der Waals surface area (Å²) in [6.07, 6.45) is 5.21. The van der Waals surface area contributed by atoms with Gasteiger partial charge in [-0.3, -0.25) is 9.10 Å². The van der Waals surface area contributed by atoms with Crippen molar-refractivity contribution >= 4 is 33.2 Å². The quantitative estimate of drug-likeness (QED) is 0.899. The van der Waals surface area contributed by atoms with Crippen molar-refractivity contribution in [2.45, 2.75) is 31.7 Å². The molecule has 1 aromatic carbocycles. The summed E-state index contributed by atoms with van der Waals surface area (Å²) in [5.74, 6) is -0.285. The molecular formula is C14H19ClN2O3S. The van der Waals surface area contributed by atoms with Gasteiger partial charge in [-0.1, -0.05) is 30.5 Å². The van der Waals surface area contributed by atoms with E-state index in [4.69, 9.17) is 11.6 Å². The number of hydrogen-bond donors (Lipinski definition) is 1. The van der Waals surface area contributed by atoms with Crippen molar-refractivity contribution in [3.63, 3.8) is 0 Å². The van der Waals surface area contributed by atoms with E-state index < -0.39 is 10.0 Å². The Kier molecular flexibility index (Phi) is 5.11. The van der Waals surface area contributed by atoms with E-state index in [2.05, 4.69) is 5.32 Å². The van der Waals surface area contributed by atoms with Crippen LogP contribution in [0.3, 0.4) is 0 Å². The summed E-state index contributed by atoms with van der Waals surface area (Å²) < 4.78 is 24.9. The summed E-state index contributed by atoms with van der Waals surface area (Å²) >= 11 is 5.89. The largest absolute Gasteiger partial charge is 0.352 e. The number of nitrogens with zero attached hydrogens (tertiary/aromatic N) is 1. The highest BCUT2D eigenvalue weighted by atomic mass is 35.5. The van der Waals surface area contributed by atoms with Crippen LogP contribution in [0.2, 0.25) is 5.02 Å². The zero-order valence-corrected chi connectivity index (χ0v) is 13.5. The number of anilines is 1. The van der Waals surface area contributed by atoms with Gasteiger partial charge in [0, 0.05) is 11.1 Å². The van der Waals surface area contributed by atoms with Gasteiger partial charge in [-0.2, -0.15) is 0 Å². The Morgan fingerprint density at radius 2 is 2.05 bits per heavy atom. The van der Waals surface area contributed by atoms with Crippen LogP contribution < -0.4 is 9.62 Å². The molecule has 0 unspecified atom stereocenters. The Morgan fingerprint density at radius 1 is 1.38 bits per heavy atom. The summed E-state index contributed by atoms with van der Waals surface area (Å²) in [6.45, 7) is -0.227. The Hall–Kier alpha value is -1.27. The molecule has 0 aromatic heterocycles. The Morgan fingerprint density at radius 3 is 2.62 bits per heavy atom. The van der Waals surface area contributed by atoms with Gasteiger partial charge in [0.15, 0.2) is 0 Å². The van der Waals surface area contributed by atoms with Crippen molar-refractivity contribution in [2.75, 3.05) is 17.1 Å². The number of hydrogen-bond acceptors (Lipinski definition) is 3. The molecule has 1 fully saturated rings. The first-order valence-corrected chi connectivity index (χ1v) is 9.11. The number of rotatable bonds is 5. The average Bonchev–Trinajstić information content (AvgIpc) is 2.87. The molecule has 0 bridgehead atoms. The monoisotopic (exact) mass is 330 g/mol. The van der Waals surface area contributed by atoms with E-state index in [9.17, 15) is 13.2 Å². The van der Waals surface area contributed by atoms with E-state index in [0.29, 0.717) is 10.7 Å². The summed E-state index contributed by atoms with van der Waals surface area (Å²) in [6, 6.07) is 6.63. The summed E-state index contributed by atoms with van der Waals surface area (Å²) in [7, 11) is -3.55. The highest BCUT2D eigenvalue weighted by Gasteiger charge is 2.23. The molecule has 1 aromatic rings. The smallest absolute Gasteiger partial charge is 0.240 e. The fourth-order valence-electron chi connectivity index (χ4n) is 2.51. The number of carbonyl (C=O) groups is 1. The molecule has 0 atom stereocenters. The van der Waals surface area contributed by atoms with Gasteiger partial charge < -0.3 is 5.32 Å². The van der Waals surface area contributed by atoms with Crippen LogP contribution in [0.1, 0.15) is 25.7 Å². The molecule has 0 aliphatic heterocycles. The van der Waals surface area contributed by atoms with Gasteiger partial charge >= 0.3 is 0 Å². The molecule has 0 heterocycles. The Balaban J connectivity index is 2.12. The van der Waals surface area contributed by atoms with E-state index in [1.807, 2.05) is 0 Å². The minimum Gasteiger partial charge on any atom is -0.352 e. The molecule has 116 valence electrons. The highest BCUT2D eigenvalue weighted by Crippen LogP contribution is 2.22. The Bertz CT molecular complexity index is 612. The number of amides is 1. The second kappa shape index (κ2) is 6.66. The van der Waals surface area contributed by atoms with E-state index in [-0.39, 0.29) is 18.5 Å². The second-order valence-corrected chi connectivity index (χ2v) is 7.64. The molecule has 0 saturated heterocycles. The fraction of sp³-hybridized carbons (Fsp3) is 0.500. The first kappa shape index (κ1) is 16.1. The van der Waals surface area contributed by atoms with Crippen LogP contribution in [0, 0.1) is 0 Å². The lowest BCUT2D eigenvalue weighted by atomic mass is 10.2. The maximum absolute atomic E-state index is 12.1. The zero-order valence-electron chi connectivity index (χ0n) is 11.9. The van der Waals surface area contributed by atoms with E-state index in [1.54, 1.807) is 18.2 Å². The van der Waals surface area contributed by atoms with Gasteiger partial charge in [0.05, 0.1) is 11.9 Å². The molecule has 0 radical (unpaired) electrons. The lowest BCUT2D eigenvalue weighted by Gasteiger charge is -2.23. The third kappa shape index (κ3) is 4.61. The van der Waals surface area contributed by atoms with Crippen molar-refractivity contribution in [3.8, 4) is 0 Å². The van der Waals surface area contributed by atoms with Gasteiger partial charge in [-0.15, -0.1) is 0 Å². The maximum Gasteiger partial charge on any atom is 0.240 e. The highest BCUT2D eigenvalue weighted by molar-refractivity contribution is 7.92. The average molecular weight is 331 g/mol. The third-order valence-electron chi connectivity index (χ3n) is 3.50. The molecular weight excluding hydrogens is 312 g/mol. The van der Waals surface area contributed by atoms with Crippen LogP contribution in [-0.2, 0) is 14.8 Å². The van der Waals surface area contributed by atoms with Gasteiger partial charge in [0.2, 0.25) is 15.9 Å². The third-order valence-corrected chi connectivity index (χ3v) is 4.88. The molecule has 21 heavy (non-hydrogen) atoms.